The van der Waals surface area contributed by atoms with Gasteiger partial charge in [0, 0.05) is 11.6 Å². The van der Waals surface area contributed by atoms with Gasteiger partial charge in [0.25, 0.3) is 0 Å². The number of hydrogen-bond acceptors (Lipinski definition) is 1. The lowest BCUT2D eigenvalue weighted by Crippen LogP contribution is -2.21. The first-order valence-electron chi connectivity index (χ1n) is 6.64. The summed E-state index contributed by atoms with van der Waals surface area (Å²) < 4.78 is 0. The van der Waals surface area contributed by atoms with Gasteiger partial charge in [-0.2, -0.15) is 0 Å². The molecule has 0 aromatic heterocycles. The minimum atomic E-state index is 0.0991. The van der Waals surface area contributed by atoms with Crippen LogP contribution in [-0.2, 0) is 0 Å². The van der Waals surface area contributed by atoms with Crippen LogP contribution in [0.4, 0.5) is 0 Å². The number of rotatable bonds is 5. The summed E-state index contributed by atoms with van der Waals surface area (Å²) >= 11 is 0. The Morgan fingerprint density at radius 3 is 2.59 bits per heavy atom. The molecular formula is C16H25N. The molecular weight excluding hydrogens is 206 g/mol. The van der Waals surface area contributed by atoms with Gasteiger partial charge >= 0.3 is 0 Å². The van der Waals surface area contributed by atoms with E-state index in [0.717, 1.165) is 24.0 Å². The fraction of sp³-hybridized carbons (Fsp3) is 0.625. The molecule has 0 spiro atoms. The summed E-state index contributed by atoms with van der Waals surface area (Å²) in [5.74, 6) is 1.49. The van der Waals surface area contributed by atoms with Gasteiger partial charge in [-0.25, -0.2) is 0 Å². The third-order valence-electron chi connectivity index (χ3n) is 3.81. The van der Waals surface area contributed by atoms with E-state index in [-0.39, 0.29) is 5.41 Å². The van der Waals surface area contributed by atoms with Crippen LogP contribution in [-0.4, -0.2) is 6.21 Å². The highest BCUT2D eigenvalue weighted by atomic mass is 14.8. The molecule has 17 heavy (non-hydrogen) atoms. The third-order valence-corrected chi connectivity index (χ3v) is 3.81. The zero-order chi connectivity index (χ0) is 12.9. The Morgan fingerprint density at radius 1 is 1.24 bits per heavy atom. The van der Waals surface area contributed by atoms with E-state index in [1.807, 2.05) is 24.4 Å². The molecule has 94 valence electrons. The number of hydrogen-bond donors (Lipinski definition) is 0. The second-order valence-electron chi connectivity index (χ2n) is 5.77. The summed E-state index contributed by atoms with van der Waals surface area (Å²) in [6, 6.07) is 0. The van der Waals surface area contributed by atoms with E-state index in [2.05, 4.69) is 45.3 Å². The highest BCUT2D eigenvalue weighted by Gasteiger charge is 2.27. The molecule has 1 nitrogen and oxygen atoms in total. The van der Waals surface area contributed by atoms with E-state index < -0.39 is 0 Å². The summed E-state index contributed by atoms with van der Waals surface area (Å²) in [4.78, 5) is 4.50. The van der Waals surface area contributed by atoms with Crippen LogP contribution in [0.25, 0.3) is 0 Å². The van der Waals surface area contributed by atoms with Crippen molar-refractivity contribution in [3.8, 4) is 0 Å². The van der Waals surface area contributed by atoms with Crippen molar-refractivity contribution in [1.82, 2.24) is 0 Å². The summed E-state index contributed by atoms with van der Waals surface area (Å²) in [6.45, 7) is 11.5. The van der Waals surface area contributed by atoms with Gasteiger partial charge < -0.3 is 0 Å². The molecule has 2 atom stereocenters. The van der Waals surface area contributed by atoms with E-state index >= 15 is 0 Å². The molecule has 0 radical (unpaired) electrons. The predicted molar refractivity (Wildman–Crippen MR) is 76.2 cm³/mol. The summed E-state index contributed by atoms with van der Waals surface area (Å²) in [7, 11) is 0. The highest BCUT2D eigenvalue weighted by molar-refractivity contribution is 5.73. The quantitative estimate of drug-likeness (QED) is 0.605. The first kappa shape index (κ1) is 14.0. The maximum Gasteiger partial charge on any atom is 0.0876 e. The van der Waals surface area contributed by atoms with Crippen molar-refractivity contribution in [3.05, 3.63) is 29.7 Å². The predicted octanol–water partition coefficient (Wildman–Crippen LogP) is 4.76. The Morgan fingerprint density at radius 2 is 1.94 bits per heavy atom. The van der Waals surface area contributed by atoms with Gasteiger partial charge in [0.05, 0.1) is 5.70 Å². The van der Waals surface area contributed by atoms with Gasteiger partial charge in [-0.15, -0.1) is 0 Å². The molecule has 0 N–H and O–H groups in total. The van der Waals surface area contributed by atoms with Crippen LogP contribution in [0.1, 0.15) is 47.5 Å². The van der Waals surface area contributed by atoms with E-state index in [1.165, 1.54) is 6.42 Å². The summed E-state index contributed by atoms with van der Waals surface area (Å²) in [5.41, 5.74) is 4.46. The van der Waals surface area contributed by atoms with Crippen molar-refractivity contribution in [1.29, 1.82) is 0 Å². The van der Waals surface area contributed by atoms with Gasteiger partial charge in [-0.1, -0.05) is 52.8 Å². The van der Waals surface area contributed by atoms with Crippen LogP contribution >= 0.6 is 0 Å². The Balaban J connectivity index is 2.78. The monoisotopic (exact) mass is 231 g/mol. The fourth-order valence-electron chi connectivity index (χ4n) is 2.26. The second-order valence-corrected chi connectivity index (χ2v) is 5.77. The molecule has 0 fully saturated rings. The molecule has 0 unspecified atom stereocenters. The minimum absolute atomic E-state index is 0.0991. The van der Waals surface area contributed by atoms with E-state index in [9.17, 15) is 0 Å². The average molecular weight is 231 g/mol. The lowest BCUT2D eigenvalue weighted by atomic mass is 9.76. The first-order valence-corrected chi connectivity index (χ1v) is 6.64. The molecule has 1 heteroatoms. The van der Waals surface area contributed by atoms with Crippen molar-refractivity contribution in [2.24, 2.45) is 22.2 Å². The van der Waals surface area contributed by atoms with Gasteiger partial charge in [0.1, 0.15) is 0 Å². The molecule has 0 aromatic carbocycles. The smallest absolute Gasteiger partial charge is 0.0876 e. The van der Waals surface area contributed by atoms with Crippen LogP contribution in [0.15, 0.2) is 34.6 Å². The van der Waals surface area contributed by atoms with Gasteiger partial charge in [-0.3, -0.25) is 4.99 Å². The normalized spacial score (nSPS) is 18.8. The van der Waals surface area contributed by atoms with E-state index in [1.54, 1.807) is 0 Å². The Labute approximate surface area is 106 Å². The molecule has 1 heterocycles. The lowest BCUT2D eigenvalue weighted by Gasteiger charge is -2.30. The van der Waals surface area contributed by atoms with Gasteiger partial charge in [0.15, 0.2) is 0 Å². The van der Waals surface area contributed by atoms with Crippen molar-refractivity contribution >= 4 is 6.21 Å². The van der Waals surface area contributed by atoms with Crippen LogP contribution < -0.4 is 0 Å². The van der Waals surface area contributed by atoms with Crippen molar-refractivity contribution in [3.63, 3.8) is 0 Å². The Bertz CT molecular complexity index is 365. The zero-order valence-corrected chi connectivity index (χ0v) is 11.8. The van der Waals surface area contributed by atoms with E-state index in [0.29, 0.717) is 0 Å². The standard InChI is InChI=1S/C16H25N/c1-6-13(2)14(3)12-16(4,5)15-10-8-7-9-11-17-15/h7-9,11,13-14H,6,12H2,1-5H3/t13-,14+/m1/s1. The number of allylic oxidation sites excluding steroid dienone is 3. The number of aliphatic imine (C=N–C) groups is 1. The molecule has 0 aliphatic carbocycles. The number of nitrogens with zero attached hydrogens (tertiary/aromatic N) is 1. The molecule has 1 aliphatic heterocycles. The van der Waals surface area contributed by atoms with Crippen LogP contribution in [0.2, 0.25) is 0 Å². The third kappa shape index (κ3) is 4.02. The molecule has 0 amide bonds. The minimum Gasteiger partial charge on any atom is -0.252 e. The lowest BCUT2D eigenvalue weighted by molar-refractivity contribution is 0.259. The maximum absolute atomic E-state index is 4.50. The van der Waals surface area contributed by atoms with Crippen LogP contribution in [0.5, 0.6) is 0 Å². The molecule has 1 rings (SSSR count). The average Bonchev–Trinajstić information content (AvgIpc) is 2.56. The SMILES string of the molecule is CC[C@@H](C)[C@@H](C)CC(C)(C)C1=C=CC=CC=N1. The van der Waals surface area contributed by atoms with Gasteiger partial charge in [0.2, 0.25) is 0 Å². The molecule has 0 bridgehead atoms. The summed E-state index contributed by atoms with van der Waals surface area (Å²) in [5, 5.41) is 0. The van der Waals surface area contributed by atoms with Crippen molar-refractivity contribution in [2.45, 2.75) is 47.5 Å². The first-order chi connectivity index (χ1) is 7.97. The Hall–Kier alpha value is -1.07. The van der Waals surface area contributed by atoms with Crippen molar-refractivity contribution < 1.29 is 0 Å². The molecule has 0 aromatic rings. The molecule has 1 aliphatic rings. The van der Waals surface area contributed by atoms with Crippen LogP contribution in [0.3, 0.4) is 0 Å². The van der Waals surface area contributed by atoms with Gasteiger partial charge in [-0.05, 0) is 30.4 Å². The molecule has 0 saturated carbocycles. The summed E-state index contributed by atoms with van der Waals surface area (Å²) in [6.07, 6.45) is 10.2. The second kappa shape index (κ2) is 6.02. The highest BCUT2D eigenvalue weighted by Crippen LogP contribution is 2.36. The maximum atomic E-state index is 4.50. The van der Waals surface area contributed by atoms with E-state index in [4.69, 9.17) is 0 Å². The molecule has 0 saturated heterocycles. The zero-order valence-electron chi connectivity index (χ0n) is 11.8. The fourth-order valence-corrected chi connectivity index (χ4v) is 2.26. The topological polar surface area (TPSA) is 12.4 Å². The Kier molecular flexibility index (Phi) is 4.96. The largest absolute Gasteiger partial charge is 0.252 e. The van der Waals surface area contributed by atoms with Crippen molar-refractivity contribution in [2.75, 3.05) is 0 Å². The van der Waals surface area contributed by atoms with Crippen LogP contribution in [0, 0.1) is 17.3 Å².